The highest BCUT2D eigenvalue weighted by Gasteiger charge is 2.14. The molecule has 0 atom stereocenters. The Kier molecular flexibility index (Phi) is 8.90. The van der Waals surface area contributed by atoms with Gasteiger partial charge in [-0.15, -0.1) is 0 Å². The van der Waals surface area contributed by atoms with Crippen molar-refractivity contribution in [1.29, 1.82) is 0 Å². The molecule has 0 unspecified atom stereocenters. The Bertz CT molecular complexity index is 1180. The SMILES string of the molecule is CCOc1cc(/C=N/NC(=O)c2ccc(C)cc2)cc(Cl)c1OCC(=O)Nc1ccc(Cl)cc1. The van der Waals surface area contributed by atoms with Crippen molar-refractivity contribution < 1.29 is 19.1 Å². The lowest BCUT2D eigenvalue weighted by Crippen LogP contribution is -2.20. The molecule has 0 radical (unpaired) electrons. The van der Waals surface area contributed by atoms with Gasteiger partial charge in [-0.1, -0.05) is 40.9 Å². The molecule has 0 aliphatic heterocycles. The van der Waals surface area contributed by atoms with E-state index < -0.39 is 0 Å². The molecule has 34 heavy (non-hydrogen) atoms. The van der Waals surface area contributed by atoms with Crippen LogP contribution >= 0.6 is 23.2 Å². The number of halogens is 2. The van der Waals surface area contributed by atoms with E-state index in [1.807, 2.05) is 26.0 Å². The first-order valence-corrected chi connectivity index (χ1v) is 11.2. The van der Waals surface area contributed by atoms with E-state index in [1.165, 1.54) is 6.21 Å². The van der Waals surface area contributed by atoms with Gasteiger partial charge in [-0.25, -0.2) is 5.43 Å². The van der Waals surface area contributed by atoms with Crippen molar-refractivity contribution >= 4 is 46.9 Å². The van der Waals surface area contributed by atoms with Gasteiger partial charge < -0.3 is 14.8 Å². The van der Waals surface area contributed by atoms with Gasteiger partial charge in [0.15, 0.2) is 18.1 Å². The Hall–Kier alpha value is -3.55. The van der Waals surface area contributed by atoms with Crippen molar-refractivity contribution in [1.82, 2.24) is 5.43 Å². The minimum absolute atomic E-state index is 0.232. The average molecular weight is 500 g/mol. The van der Waals surface area contributed by atoms with Crippen molar-refractivity contribution in [3.63, 3.8) is 0 Å². The quantitative estimate of drug-likeness (QED) is 0.301. The smallest absolute Gasteiger partial charge is 0.271 e. The fourth-order valence-electron chi connectivity index (χ4n) is 2.87. The maximum absolute atomic E-state index is 12.2. The van der Waals surface area contributed by atoms with E-state index in [2.05, 4.69) is 15.8 Å². The van der Waals surface area contributed by atoms with Gasteiger partial charge in [-0.3, -0.25) is 9.59 Å². The Morgan fingerprint density at radius 3 is 2.38 bits per heavy atom. The van der Waals surface area contributed by atoms with Crippen LogP contribution in [0.25, 0.3) is 0 Å². The molecule has 0 saturated heterocycles. The summed E-state index contributed by atoms with van der Waals surface area (Å²) in [6.07, 6.45) is 1.44. The van der Waals surface area contributed by atoms with E-state index in [0.29, 0.717) is 34.2 Å². The topological polar surface area (TPSA) is 89.0 Å². The monoisotopic (exact) mass is 499 g/mol. The van der Waals surface area contributed by atoms with Crippen LogP contribution in [0.1, 0.15) is 28.4 Å². The number of hydrogen-bond acceptors (Lipinski definition) is 5. The number of hydrazone groups is 1. The zero-order chi connectivity index (χ0) is 24.5. The third-order valence-electron chi connectivity index (χ3n) is 4.50. The summed E-state index contributed by atoms with van der Waals surface area (Å²) in [5, 5.41) is 7.50. The van der Waals surface area contributed by atoms with Crippen LogP contribution in [0.3, 0.4) is 0 Å². The van der Waals surface area contributed by atoms with Crippen LogP contribution in [0.5, 0.6) is 11.5 Å². The summed E-state index contributed by atoms with van der Waals surface area (Å²) < 4.78 is 11.3. The van der Waals surface area contributed by atoms with E-state index >= 15 is 0 Å². The second kappa shape index (κ2) is 12.1. The number of anilines is 1. The number of nitrogens with one attached hydrogen (secondary N) is 2. The van der Waals surface area contributed by atoms with Crippen LogP contribution in [0.15, 0.2) is 65.8 Å². The molecule has 176 valence electrons. The minimum Gasteiger partial charge on any atom is -0.490 e. The number of amides is 2. The average Bonchev–Trinajstić information content (AvgIpc) is 2.80. The van der Waals surface area contributed by atoms with Crippen LogP contribution in [0.4, 0.5) is 5.69 Å². The van der Waals surface area contributed by atoms with Gasteiger partial charge >= 0.3 is 0 Å². The van der Waals surface area contributed by atoms with Gasteiger partial charge in [-0.05, 0) is 67.9 Å². The number of nitrogens with zero attached hydrogens (tertiary/aromatic N) is 1. The molecule has 3 aromatic carbocycles. The number of hydrogen-bond donors (Lipinski definition) is 2. The van der Waals surface area contributed by atoms with E-state index in [-0.39, 0.29) is 29.2 Å². The summed E-state index contributed by atoms with van der Waals surface area (Å²) in [6.45, 7) is 3.84. The Labute approximate surface area is 207 Å². The zero-order valence-corrected chi connectivity index (χ0v) is 20.1. The number of carbonyl (C=O) groups is 2. The molecule has 0 fully saturated rings. The van der Waals surface area contributed by atoms with Gasteiger partial charge in [0.05, 0.1) is 17.8 Å². The first-order chi connectivity index (χ1) is 16.4. The summed E-state index contributed by atoms with van der Waals surface area (Å²) in [5.74, 6) is -0.124. The summed E-state index contributed by atoms with van der Waals surface area (Å²) in [5.41, 5.74) is 5.20. The molecule has 0 bridgehead atoms. The second-order valence-corrected chi connectivity index (χ2v) is 8.02. The molecule has 0 aromatic heterocycles. The third kappa shape index (κ3) is 7.23. The van der Waals surface area contributed by atoms with Crippen LogP contribution < -0.4 is 20.2 Å². The Morgan fingerprint density at radius 2 is 1.71 bits per heavy atom. The number of benzene rings is 3. The summed E-state index contributed by atoms with van der Waals surface area (Å²) in [7, 11) is 0. The Morgan fingerprint density at radius 1 is 1.00 bits per heavy atom. The highest BCUT2D eigenvalue weighted by molar-refractivity contribution is 6.32. The molecular formula is C25H23Cl2N3O4. The highest BCUT2D eigenvalue weighted by Crippen LogP contribution is 2.36. The molecule has 3 rings (SSSR count). The lowest BCUT2D eigenvalue weighted by Gasteiger charge is -2.14. The summed E-state index contributed by atoms with van der Waals surface area (Å²) in [4.78, 5) is 24.4. The molecule has 0 heterocycles. The van der Waals surface area contributed by atoms with E-state index in [4.69, 9.17) is 32.7 Å². The third-order valence-corrected chi connectivity index (χ3v) is 5.03. The fourth-order valence-corrected chi connectivity index (χ4v) is 3.27. The lowest BCUT2D eigenvalue weighted by molar-refractivity contribution is -0.118. The van der Waals surface area contributed by atoms with Crippen molar-refractivity contribution in [2.75, 3.05) is 18.5 Å². The summed E-state index contributed by atoms with van der Waals surface area (Å²) >= 11 is 12.2. The van der Waals surface area contributed by atoms with Gasteiger partial charge in [0.1, 0.15) is 0 Å². The standard InChI is InChI=1S/C25H23Cl2N3O4/c1-3-33-22-13-17(14-28-30-25(32)18-6-4-16(2)5-7-18)12-21(27)24(22)34-15-23(31)29-20-10-8-19(26)9-11-20/h4-14H,3,15H2,1-2H3,(H,29,31)(H,30,32)/b28-14+. The molecule has 0 spiro atoms. The normalized spacial score (nSPS) is 10.7. The van der Waals surface area contributed by atoms with Gasteiger partial charge in [-0.2, -0.15) is 5.10 Å². The van der Waals surface area contributed by atoms with Gasteiger partial charge in [0, 0.05) is 16.3 Å². The molecule has 2 N–H and O–H groups in total. The van der Waals surface area contributed by atoms with E-state index in [0.717, 1.165) is 5.56 Å². The van der Waals surface area contributed by atoms with Crippen molar-refractivity contribution in [2.45, 2.75) is 13.8 Å². The number of rotatable bonds is 9. The van der Waals surface area contributed by atoms with Crippen molar-refractivity contribution in [3.05, 3.63) is 87.4 Å². The molecule has 2 amide bonds. The largest absolute Gasteiger partial charge is 0.490 e. The van der Waals surface area contributed by atoms with Crippen molar-refractivity contribution in [2.24, 2.45) is 5.10 Å². The van der Waals surface area contributed by atoms with E-state index in [9.17, 15) is 9.59 Å². The highest BCUT2D eigenvalue weighted by atomic mass is 35.5. The van der Waals surface area contributed by atoms with Gasteiger partial charge in [0.25, 0.3) is 11.8 Å². The first-order valence-electron chi connectivity index (χ1n) is 10.4. The number of ether oxygens (including phenoxy) is 2. The maximum Gasteiger partial charge on any atom is 0.271 e. The molecule has 0 aliphatic carbocycles. The summed E-state index contributed by atoms with van der Waals surface area (Å²) in [6, 6.07) is 17.1. The van der Waals surface area contributed by atoms with E-state index in [1.54, 1.807) is 48.5 Å². The molecular weight excluding hydrogens is 477 g/mol. The number of carbonyl (C=O) groups excluding carboxylic acids is 2. The minimum atomic E-state index is -0.370. The number of aryl methyl sites for hydroxylation is 1. The molecule has 0 aliphatic rings. The zero-order valence-electron chi connectivity index (χ0n) is 18.6. The van der Waals surface area contributed by atoms with Crippen LogP contribution in [0, 0.1) is 6.92 Å². The fraction of sp³-hybridized carbons (Fsp3) is 0.160. The molecule has 9 heteroatoms. The second-order valence-electron chi connectivity index (χ2n) is 7.17. The molecule has 0 saturated carbocycles. The Balaban J connectivity index is 1.65. The first kappa shape index (κ1) is 25.1. The van der Waals surface area contributed by atoms with Gasteiger partial charge in [0.2, 0.25) is 0 Å². The molecule has 7 nitrogen and oxygen atoms in total. The predicted molar refractivity (Wildman–Crippen MR) is 134 cm³/mol. The predicted octanol–water partition coefficient (Wildman–Crippen LogP) is 5.48. The van der Waals surface area contributed by atoms with Crippen molar-refractivity contribution in [3.8, 4) is 11.5 Å². The van der Waals surface area contributed by atoms with Crippen LogP contribution in [0.2, 0.25) is 10.0 Å². The molecule has 3 aromatic rings. The van der Waals surface area contributed by atoms with Crippen LogP contribution in [-0.4, -0.2) is 31.2 Å². The van der Waals surface area contributed by atoms with Crippen LogP contribution in [-0.2, 0) is 4.79 Å². The maximum atomic E-state index is 12.2. The lowest BCUT2D eigenvalue weighted by atomic mass is 10.1.